The van der Waals surface area contributed by atoms with Crippen molar-refractivity contribution < 1.29 is 26.2 Å². The molecule has 0 aliphatic rings. The highest BCUT2D eigenvalue weighted by Gasteiger charge is 2.32. The molecule has 0 atom stereocenters. The minimum atomic E-state index is -4.13. The van der Waals surface area contributed by atoms with Crippen LogP contribution in [0.3, 0.4) is 0 Å². The molecule has 0 bridgehead atoms. The van der Waals surface area contributed by atoms with Gasteiger partial charge in [-0.2, -0.15) is 8.42 Å². The number of halogens is 1. The summed E-state index contributed by atoms with van der Waals surface area (Å²) >= 11 is 3.18. The second-order valence-electron chi connectivity index (χ2n) is 3.25. The van der Waals surface area contributed by atoms with Crippen LogP contribution in [-0.2, 0) is 27.9 Å². The fraction of sp³-hybridized carbons (Fsp3) is 0.200. The molecule has 0 heterocycles. The molecule has 0 N–H and O–H groups in total. The summed E-state index contributed by atoms with van der Waals surface area (Å²) in [6.45, 7) is 3.27. The fourth-order valence-corrected chi connectivity index (χ4v) is 3.40. The van der Waals surface area contributed by atoms with Gasteiger partial charge in [0.05, 0.1) is 0 Å². The molecule has 0 unspecified atom stereocenters. The van der Waals surface area contributed by atoms with Gasteiger partial charge in [0.25, 0.3) is 0 Å². The minimum absolute atomic E-state index is 0.101. The molecule has 0 aliphatic heterocycles. The molecule has 9 heteroatoms. The van der Waals surface area contributed by atoms with Crippen LogP contribution >= 0.6 is 23.5 Å². The highest BCUT2D eigenvalue weighted by atomic mass is 79.9. The molecular weight excluding hydrogens is 359 g/mol. The van der Waals surface area contributed by atoms with Crippen molar-refractivity contribution in [3.8, 4) is 0 Å². The van der Waals surface area contributed by atoms with Gasteiger partial charge in [0, 0.05) is 18.7 Å². The summed E-state index contributed by atoms with van der Waals surface area (Å²) < 4.78 is 50.2. The van der Waals surface area contributed by atoms with Crippen LogP contribution in [0.1, 0.15) is 0 Å². The molecule has 0 amide bonds. The van der Waals surface area contributed by atoms with E-state index < -0.39 is 23.2 Å². The zero-order valence-corrected chi connectivity index (χ0v) is 13.5. The van der Waals surface area contributed by atoms with E-state index in [1.165, 1.54) is 24.3 Å². The van der Waals surface area contributed by atoms with Gasteiger partial charge in [-0.25, -0.2) is 0 Å². The van der Waals surface area contributed by atoms with E-state index in [0.717, 1.165) is 14.2 Å². The second-order valence-corrected chi connectivity index (χ2v) is 7.93. The van der Waals surface area contributed by atoms with E-state index >= 15 is 0 Å². The molecular formula is C10H12BrO6PS. The number of hydrogen-bond donors (Lipinski definition) is 0. The number of benzene rings is 1. The summed E-state index contributed by atoms with van der Waals surface area (Å²) in [6, 6.07) is 5.73. The van der Waals surface area contributed by atoms with Gasteiger partial charge in [-0.3, -0.25) is 4.57 Å². The first-order chi connectivity index (χ1) is 8.75. The molecule has 0 radical (unpaired) electrons. The van der Waals surface area contributed by atoms with Gasteiger partial charge in [-0.1, -0.05) is 15.9 Å². The second kappa shape index (κ2) is 6.19. The molecule has 0 aliphatic carbocycles. The van der Waals surface area contributed by atoms with Crippen molar-refractivity contribution in [2.45, 2.75) is 4.90 Å². The lowest BCUT2D eigenvalue weighted by Gasteiger charge is -2.16. The van der Waals surface area contributed by atoms with Gasteiger partial charge in [-0.05, 0) is 30.8 Å². The Hall–Kier alpha value is -0.660. The predicted molar refractivity (Wildman–Crippen MR) is 73.2 cm³/mol. The number of hydrogen-bond acceptors (Lipinski definition) is 6. The van der Waals surface area contributed by atoms with Crippen LogP contribution < -0.4 is 0 Å². The topological polar surface area (TPSA) is 78.9 Å². The van der Waals surface area contributed by atoms with Gasteiger partial charge in [0.2, 0.25) is 5.50 Å². The van der Waals surface area contributed by atoms with Crippen LogP contribution in [0.15, 0.2) is 45.7 Å². The largest absolute Gasteiger partial charge is 0.396 e. The Morgan fingerprint density at radius 3 is 2.11 bits per heavy atom. The molecule has 19 heavy (non-hydrogen) atoms. The molecule has 0 saturated carbocycles. The lowest BCUT2D eigenvalue weighted by molar-refractivity contribution is 0.265. The van der Waals surface area contributed by atoms with Crippen LogP contribution in [0.4, 0.5) is 0 Å². The van der Waals surface area contributed by atoms with E-state index in [4.69, 9.17) is 0 Å². The molecule has 6 nitrogen and oxygen atoms in total. The van der Waals surface area contributed by atoms with Gasteiger partial charge in [0.1, 0.15) is 4.90 Å². The van der Waals surface area contributed by atoms with Crippen LogP contribution in [0, 0.1) is 0 Å². The predicted octanol–water partition coefficient (Wildman–Crippen LogP) is 3.11. The summed E-state index contributed by atoms with van der Waals surface area (Å²) in [7, 11) is -5.73. The molecule has 1 rings (SSSR count). The van der Waals surface area contributed by atoms with Crippen molar-refractivity contribution >= 4 is 33.6 Å². The zero-order chi connectivity index (χ0) is 14.7. The highest BCUT2D eigenvalue weighted by molar-refractivity contribution is 9.10. The summed E-state index contributed by atoms with van der Waals surface area (Å²) in [5.41, 5.74) is -0.597. The Balaban J connectivity index is 3.01. The fourth-order valence-electron chi connectivity index (χ4n) is 1.10. The van der Waals surface area contributed by atoms with Crippen molar-refractivity contribution in [2.24, 2.45) is 0 Å². The van der Waals surface area contributed by atoms with Crippen molar-refractivity contribution in [1.82, 2.24) is 0 Å². The van der Waals surface area contributed by atoms with E-state index in [-0.39, 0.29) is 4.90 Å². The minimum Gasteiger partial charge on any atom is -0.371 e. The third kappa shape index (κ3) is 3.90. The summed E-state index contributed by atoms with van der Waals surface area (Å²) in [6.07, 6.45) is 0. The number of rotatable bonds is 6. The molecule has 1 aromatic rings. The molecule has 0 fully saturated rings. The molecule has 0 spiro atoms. The zero-order valence-electron chi connectivity index (χ0n) is 10.2. The van der Waals surface area contributed by atoms with Gasteiger partial charge < -0.3 is 13.2 Å². The van der Waals surface area contributed by atoms with E-state index in [0.29, 0.717) is 4.47 Å². The molecule has 0 saturated heterocycles. The standard InChI is InChI=1S/C10H12BrO6PS/c1-8(18(12,15-2)16-3)17-19(13,14)10-6-4-9(11)5-7-10/h4-7H,1H2,2-3H3. The SMILES string of the molecule is C=C(OS(=O)(=O)c1ccc(Br)cc1)P(=O)(OC)OC. The van der Waals surface area contributed by atoms with Gasteiger partial charge >= 0.3 is 17.7 Å². The Morgan fingerprint density at radius 2 is 1.68 bits per heavy atom. The van der Waals surface area contributed by atoms with Crippen molar-refractivity contribution in [3.63, 3.8) is 0 Å². The van der Waals surface area contributed by atoms with E-state index in [9.17, 15) is 13.0 Å². The van der Waals surface area contributed by atoms with Crippen molar-refractivity contribution in [1.29, 1.82) is 0 Å². The highest BCUT2D eigenvalue weighted by Crippen LogP contribution is 2.54. The smallest absolute Gasteiger partial charge is 0.371 e. The first-order valence-electron chi connectivity index (χ1n) is 4.86. The Morgan fingerprint density at radius 1 is 1.21 bits per heavy atom. The Labute approximate surface area is 120 Å². The maximum Gasteiger partial charge on any atom is 0.396 e. The monoisotopic (exact) mass is 370 g/mol. The quantitative estimate of drug-likeness (QED) is 0.434. The van der Waals surface area contributed by atoms with Crippen LogP contribution in [-0.4, -0.2) is 22.6 Å². The summed E-state index contributed by atoms with van der Waals surface area (Å²) in [5.74, 6) is 0. The van der Waals surface area contributed by atoms with E-state index in [1.807, 2.05) is 0 Å². The Bertz CT molecular complexity index is 601. The first-order valence-corrected chi connectivity index (χ1v) is 8.60. The molecule has 1 aromatic carbocycles. The van der Waals surface area contributed by atoms with Crippen molar-refractivity contribution in [3.05, 3.63) is 40.8 Å². The third-order valence-electron chi connectivity index (χ3n) is 2.09. The average molecular weight is 371 g/mol. The summed E-state index contributed by atoms with van der Waals surface area (Å²) in [5, 5.41) is 0. The van der Waals surface area contributed by atoms with Gasteiger partial charge in [-0.15, -0.1) is 0 Å². The first kappa shape index (κ1) is 16.4. The maximum absolute atomic E-state index is 11.9. The average Bonchev–Trinajstić information content (AvgIpc) is 2.37. The summed E-state index contributed by atoms with van der Waals surface area (Å²) in [4.78, 5) is -0.101. The van der Waals surface area contributed by atoms with E-state index in [2.05, 4.69) is 35.7 Å². The molecule has 106 valence electrons. The van der Waals surface area contributed by atoms with Crippen LogP contribution in [0.25, 0.3) is 0 Å². The third-order valence-corrected chi connectivity index (χ3v) is 5.68. The lowest BCUT2D eigenvalue weighted by atomic mass is 10.4. The van der Waals surface area contributed by atoms with Gasteiger partial charge in [0.15, 0.2) is 0 Å². The normalized spacial score (nSPS) is 12.2. The Kier molecular flexibility index (Phi) is 5.34. The van der Waals surface area contributed by atoms with Crippen LogP contribution in [0.2, 0.25) is 0 Å². The lowest BCUT2D eigenvalue weighted by Crippen LogP contribution is -2.07. The maximum atomic E-state index is 11.9. The van der Waals surface area contributed by atoms with Crippen LogP contribution in [0.5, 0.6) is 0 Å². The molecule has 0 aromatic heterocycles. The van der Waals surface area contributed by atoms with Crippen molar-refractivity contribution in [2.75, 3.05) is 14.2 Å². The van der Waals surface area contributed by atoms with E-state index in [1.54, 1.807) is 0 Å².